The molecule has 0 fully saturated rings. The highest BCUT2D eigenvalue weighted by Crippen LogP contribution is 2.14. The molecule has 0 unspecified atom stereocenters. The summed E-state index contributed by atoms with van der Waals surface area (Å²) < 4.78 is 0. The van der Waals surface area contributed by atoms with Gasteiger partial charge in [0.1, 0.15) is 0 Å². The highest BCUT2D eigenvalue weighted by Gasteiger charge is 1.99. The summed E-state index contributed by atoms with van der Waals surface area (Å²) in [5.41, 5.74) is 0. The van der Waals surface area contributed by atoms with Gasteiger partial charge in [0.25, 0.3) is 0 Å². The Morgan fingerprint density at radius 2 is 2.33 bits per heavy atom. The monoisotopic (exact) mass is 184 g/mol. The highest BCUT2D eigenvalue weighted by atomic mass is 32.1. The topological polar surface area (TPSA) is 24.9 Å². The van der Waals surface area contributed by atoms with Crippen molar-refractivity contribution in [2.45, 2.75) is 26.2 Å². The van der Waals surface area contributed by atoms with Crippen molar-refractivity contribution in [1.29, 1.82) is 0 Å². The molecular formula is C9H16N2S. The first kappa shape index (κ1) is 9.68. The SMILES string of the molecule is CCCc1cnc(CCNC)s1. The number of hydrogen-bond donors (Lipinski definition) is 1. The first-order valence-corrected chi connectivity index (χ1v) is 5.26. The van der Waals surface area contributed by atoms with Gasteiger partial charge in [0.05, 0.1) is 5.01 Å². The van der Waals surface area contributed by atoms with Gasteiger partial charge in [-0.3, -0.25) is 0 Å². The van der Waals surface area contributed by atoms with Crippen LogP contribution in [-0.2, 0) is 12.8 Å². The Morgan fingerprint density at radius 1 is 1.50 bits per heavy atom. The van der Waals surface area contributed by atoms with Crippen LogP contribution in [0.5, 0.6) is 0 Å². The molecule has 0 radical (unpaired) electrons. The molecule has 1 heterocycles. The number of thiazole rings is 1. The summed E-state index contributed by atoms with van der Waals surface area (Å²) in [4.78, 5) is 5.77. The normalized spacial score (nSPS) is 10.5. The zero-order chi connectivity index (χ0) is 8.81. The summed E-state index contributed by atoms with van der Waals surface area (Å²) in [5.74, 6) is 0. The summed E-state index contributed by atoms with van der Waals surface area (Å²) >= 11 is 1.85. The van der Waals surface area contributed by atoms with Gasteiger partial charge in [0.2, 0.25) is 0 Å². The minimum atomic E-state index is 1.03. The lowest BCUT2D eigenvalue weighted by atomic mass is 10.3. The zero-order valence-electron chi connectivity index (χ0n) is 7.76. The number of aromatic nitrogens is 1. The molecule has 0 aliphatic carbocycles. The molecule has 1 aromatic rings. The number of nitrogens with one attached hydrogen (secondary N) is 1. The zero-order valence-corrected chi connectivity index (χ0v) is 8.58. The van der Waals surface area contributed by atoms with Crippen molar-refractivity contribution in [2.24, 2.45) is 0 Å². The van der Waals surface area contributed by atoms with Crippen molar-refractivity contribution >= 4 is 11.3 Å². The maximum Gasteiger partial charge on any atom is 0.0940 e. The summed E-state index contributed by atoms with van der Waals surface area (Å²) in [6.07, 6.45) is 5.47. The molecule has 1 rings (SSSR count). The van der Waals surface area contributed by atoms with Gasteiger partial charge in [0, 0.05) is 24.0 Å². The van der Waals surface area contributed by atoms with Crippen LogP contribution >= 0.6 is 11.3 Å². The van der Waals surface area contributed by atoms with Crippen LogP contribution in [0.15, 0.2) is 6.20 Å². The fraction of sp³-hybridized carbons (Fsp3) is 0.667. The van der Waals surface area contributed by atoms with Gasteiger partial charge in [-0.2, -0.15) is 0 Å². The Balaban J connectivity index is 2.41. The lowest BCUT2D eigenvalue weighted by Crippen LogP contribution is -2.09. The fourth-order valence-electron chi connectivity index (χ4n) is 1.06. The van der Waals surface area contributed by atoms with Gasteiger partial charge in [-0.05, 0) is 13.5 Å². The van der Waals surface area contributed by atoms with E-state index in [1.165, 1.54) is 22.7 Å². The second kappa shape index (κ2) is 5.27. The molecule has 1 N–H and O–H groups in total. The van der Waals surface area contributed by atoms with Crippen LogP contribution < -0.4 is 5.32 Å². The van der Waals surface area contributed by atoms with E-state index >= 15 is 0 Å². The lowest BCUT2D eigenvalue weighted by molar-refractivity contribution is 0.787. The second-order valence-electron chi connectivity index (χ2n) is 2.82. The number of aryl methyl sites for hydroxylation is 1. The van der Waals surface area contributed by atoms with Crippen LogP contribution in [0.4, 0.5) is 0 Å². The van der Waals surface area contributed by atoms with Gasteiger partial charge in [-0.1, -0.05) is 13.3 Å². The molecule has 0 amide bonds. The molecule has 12 heavy (non-hydrogen) atoms. The van der Waals surface area contributed by atoms with Crippen LogP contribution in [0.25, 0.3) is 0 Å². The van der Waals surface area contributed by atoms with E-state index in [0.29, 0.717) is 0 Å². The van der Waals surface area contributed by atoms with Crippen LogP contribution in [0.2, 0.25) is 0 Å². The summed E-state index contributed by atoms with van der Waals surface area (Å²) in [6, 6.07) is 0. The molecule has 0 aliphatic heterocycles. The van der Waals surface area contributed by atoms with Crippen molar-refractivity contribution in [2.75, 3.05) is 13.6 Å². The third-order valence-electron chi connectivity index (χ3n) is 1.69. The van der Waals surface area contributed by atoms with Gasteiger partial charge in [-0.15, -0.1) is 11.3 Å². The number of likely N-dealkylation sites (N-methyl/N-ethyl adjacent to an activating group) is 1. The van der Waals surface area contributed by atoms with E-state index < -0.39 is 0 Å². The molecule has 3 heteroatoms. The fourth-order valence-corrected chi connectivity index (χ4v) is 2.08. The molecule has 0 spiro atoms. The van der Waals surface area contributed by atoms with E-state index in [1.54, 1.807) is 0 Å². The maximum atomic E-state index is 4.35. The summed E-state index contributed by atoms with van der Waals surface area (Å²) in [7, 11) is 1.97. The predicted molar refractivity (Wildman–Crippen MR) is 53.7 cm³/mol. The molecule has 2 nitrogen and oxygen atoms in total. The first-order valence-electron chi connectivity index (χ1n) is 4.45. The molecule has 0 atom stereocenters. The van der Waals surface area contributed by atoms with E-state index in [9.17, 15) is 0 Å². The van der Waals surface area contributed by atoms with E-state index in [-0.39, 0.29) is 0 Å². The second-order valence-corrected chi connectivity index (χ2v) is 4.02. The van der Waals surface area contributed by atoms with Crippen LogP contribution in [0, 0.1) is 0 Å². The quantitative estimate of drug-likeness (QED) is 0.755. The third-order valence-corrected chi connectivity index (χ3v) is 2.80. The van der Waals surface area contributed by atoms with Crippen molar-refractivity contribution in [1.82, 2.24) is 10.3 Å². The Hall–Kier alpha value is -0.410. The Labute approximate surface area is 78.0 Å². The average molecular weight is 184 g/mol. The smallest absolute Gasteiger partial charge is 0.0940 e. The average Bonchev–Trinajstić information content (AvgIpc) is 2.50. The highest BCUT2D eigenvalue weighted by molar-refractivity contribution is 7.11. The van der Waals surface area contributed by atoms with Crippen LogP contribution in [0.3, 0.4) is 0 Å². The maximum absolute atomic E-state index is 4.35. The molecule has 0 aromatic carbocycles. The third kappa shape index (κ3) is 2.91. The van der Waals surface area contributed by atoms with E-state index in [4.69, 9.17) is 0 Å². The van der Waals surface area contributed by atoms with Crippen molar-refractivity contribution in [3.05, 3.63) is 16.1 Å². The molecule has 1 aromatic heterocycles. The Kier molecular flexibility index (Phi) is 4.25. The van der Waals surface area contributed by atoms with Gasteiger partial charge in [0.15, 0.2) is 0 Å². The molecule has 0 bridgehead atoms. The van der Waals surface area contributed by atoms with E-state index in [2.05, 4.69) is 17.2 Å². The molecule has 0 aliphatic rings. The Bertz CT molecular complexity index is 220. The van der Waals surface area contributed by atoms with Crippen molar-refractivity contribution in [3.63, 3.8) is 0 Å². The Morgan fingerprint density at radius 3 is 3.00 bits per heavy atom. The predicted octanol–water partition coefficient (Wildman–Crippen LogP) is 1.86. The van der Waals surface area contributed by atoms with Crippen LogP contribution in [-0.4, -0.2) is 18.6 Å². The van der Waals surface area contributed by atoms with Gasteiger partial charge < -0.3 is 5.32 Å². The molecule has 0 saturated heterocycles. The molecule has 0 saturated carbocycles. The number of hydrogen-bond acceptors (Lipinski definition) is 3. The first-order chi connectivity index (χ1) is 5.86. The standard InChI is InChI=1S/C9H16N2S/c1-3-4-8-7-11-9(12-8)5-6-10-2/h7,10H,3-6H2,1-2H3. The van der Waals surface area contributed by atoms with Gasteiger partial charge >= 0.3 is 0 Å². The summed E-state index contributed by atoms with van der Waals surface area (Å²) in [6.45, 7) is 3.23. The van der Waals surface area contributed by atoms with Gasteiger partial charge in [-0.25, -0.2) is 4.98 Å². The molecular weight excluding hydrogens is 168 g/mol. The van der Waals surface area contributed by atoms with Crippen molar-refractivity contribution in [3.8, 4) is 0 Å². The minimum Gasteiger partial charge on any atom is -0.319 e. The molecule has 68 valence electrons. The van der Waals surface area contributed by atoms with Crippen LogP contribution in [0.1, 0.15) is 23.2 Å². The summed E-state index contributed by atoms with van der Waals surface area (Å²) in [5, 5.41) is 4.38. The van der Waals surface area contributed by atoms with E-state index in [1.807, 2.05) is 24.6 Å². The number of nitrogens with zero attached hydrogens (tertiary/aromatic N) is 1. The van der Waals surface area contributed by atoms with Crippen molar-refractivity contribution < 1.29 is 0 Å². The lowest BCUT2D eigenvalue weighted by Gasteiger charge is -1.93. The minimum absolute atomic E-state index is 1.03. The largest absolute Gasteiger partial charge is 0.319 e. The number of rotatable bonds is 5. The van der Waals surface area contributed by atoms with E-state index in [0.717, 1.165) is 13.0 Å².